The molecule has 0 saturated carbocycles. The maximum Gasteiger partial charge on any atom is 0.303 e. The number of aliphatic hydroxyl groups is 1. The van der Waals surface area contributed by atoms with Crippen LogP contribution in [0.4, 0.5) is 0 Å². The molecule has 2 aromatic rings. The lowest BCUT2D eigenvalue weighted by atomic mass is 9.91. The zero-order valence-corrected chi connectivity index (χ0v) is 16.1. The van der Waals surface area contributed by atoms with Gasteiger partial charge < -0.3 is 19.7 Å². The quantitative estimate of drug-likeness (QED) is 0.613. The molecule has 0 fully saturated rings. The van der Waals surface area contributed by atoms with Crippen LogP contribution in [0.2, 0.25) is 5.02 Å². The maximum atomic E-state index is 10.6. The molecule has 0 bridgehead atoms. The van der Waals surface area contributed by atoms with E-state index >= 15 is 0 Å². The van der Waals surface area contributed by atoms with Crippen molar-refractivity contribution in [1.82, 2.24) is 0 Å². The second-order valence-corrected chi connectivity index (χ2v) is 7.06. The molecule has 1 aliphatic heterocycles. The van der Waals surface area contributed by atoms with Gasteiger partial charge in [0.15, 0.2) is 0 Å². The highest BCUT2D eigenvalue weighted by molar-refractivity contribution is 6.31. The number of rotatable bonds is 8. The highest BCUT2D eigenvalue weighted by atomic mass is 35.5. The number of halogens is 1. The number of aliphatic carboxylic acids is 1. The fourth-order valence-electron chi connectivity index (χ4n) is 3.23. The molecule has 2 unspecified atom stereocenters. The number of fused-ring (bicyclic) bond motifs is 1. The van der Waals surface area contributed by atoms with Crippen LogP contribution in [-0.4, -0.2) is 22.8 Å². The third kappa shape index (κ3) is 4.93. The Balaban J connectivity index is 1.81. The lowest BCUT2D eigenvalue weighted by Crippen LogP contribution is -2.28. The summed E-state index contributed by atoms with van der Waals surface area (Å²) in [6.45, 7) is -0.0719. The molecule has 1 aliphatic rings. The largest absolute Gasteiger partial charge is 0.481 e. The molecule has 6 heteroatoms. The van der Waals surface area contributed by atoms with Gasteiger partial charge in [-0.25, -0.2) is 0 Å². The number of carboxylic acids is 1. The first-order valence-corrected chi connectivity index (χ1v) is 9.61. The molecule has 0 aromatic heterocycles. The minimum atomic E-state index is -0.826. The number of hydrogen-bond donors (Lipinski definition) is 2. The normalized spacial score (nSPS) is 19.8. The molecule has 0 aliphatic carbocycles. The molecule has 2 aromatic carbocycles. The highest BCUT2D eigenvalue weighted by Crippen LogP contribution is 2.45. The topological polar surface area (TPSA) is 76.0 Å². The van der Waals surface area contributed by atoms with Crippen LogP contribution in [-0.2, 0) is 9.53 Å². The molecule has 148 valence electrons. The van der Waals surface area contributed by atoms with Crippen molar-refractivity contribution in [3.63, 3.8) is 0 Å². The average molecular weight is 403 g/mol. The van der Waals surface area contributed by atoms with Gasteiger partial charge in [0.05, 0.1) is 11.1 Å². The molecule has 2 N–H and O–H groups in total. The molecule has 1 heterocycles. The van der Waals surface area contributed by atoms with Gasteiger partial charge >= 0.3 is 5.97 Å². The SMILES string of the molecule is O=C(O)CC/C=C\CC(CO)C1O[C@H](c2ccccc2Cl)Oc2ccccc21. The van der Waals surface area contributed by atoms with E-state index in [1.54, 1.807) is 6.07 Å². The minimum absolute atomic E-state index is 0.0719. The lowest BCUT2D eigenvalue weighted by Gasteiger charge is -2.36. The molecule has 28 heavy (non-hydrogen) atoms. The first-order chi connectivity index (χ1) is 13.6. The Hall–Kier alpha value is -2.34. The van der Waals surface area contributed by atoms with Crippen LogP contribution in [0.5, 0.6) is 5.75 Å². The van der Waals surface area contributed by atoms with E-state index in [-0.39, 0.29) is 25.0 Å². The van der Waals surface area contributed by atoms with Gasteiger partial charge in [-0.2, -0.15) is 0 Å². The number of carboxylic acid groups (broad SMARTS) is 1. The van der Waals surface area contributed by atoms with E-state index in [2.05, 4.69) is 0 Å². The van der Waals surface area contributed by atoms with Crippen LogP contribution >= 0.6 is 11.6 Å². The zero-order chi connectivity index (χ0) is 19.9. The summed E-state index contributed by atoms with van der Waals surface area (Å²) in [6, 6.07) is 15.0. The summed E-state index contributed by atoms with van der Waals surface area (Å²) in [7, 11) is 0. The van der Waals surface area contributed by atoms with Crippen molar-refractivity contribution in [3.8, 4) is 5.75 Å². The van der Waals surface area contributed by atoms with E-state index in [0.29, 0.717) is 23.6 Å². The fourth-order valence-corrected chi connectivity index (χ4v) is 3.45. The predicted molar refractivity (Wildman–Crippen MR) is 106 cm³/mol. The molecule has 5 nitrogen and oxygen atoms in total. The summed E-state index contributed by atoms with van der Waals surface area (Å²) >= 11 is 6.32. The average Bonchev–Trinajstić information content (AvgIpc) is 2.70. The summed E-state index contributed by atoms with van der Waals surface area (Å²) in [5.74, 6) is -0.319. The molecule has 3 rings (SSSR count). The van der Waals surface area contributed by atoms with E-state index in [9.17, 15) is 9.90 Å². The molecule has 0 amide bonds. The first-order valence-electron chi connectivity index (χ1n) is 9.23. The summed E-state index contributed by atoms with van der Waals surface area (Å²) < 4.78 is 12.3. The Kier molecular flexibility index (Phi) is 7.09. The van der Waals surface area contributed by atoms with Crippen LogP contribution in [0.15, 0.2) is 60.7 Å². The second kappa shape index (κ2) is 9.73. The van der Waals surface area contributed by atoms with E-state index in [4.69, 9.17) is 26.2 Å². The Bertz CT molecular complexity index is 835. The third-order valence-electron chi connectivity index (χ3n) is 4.68. The third-order valence-corrected chi connectivity index (χ3v) is 5.03. The smallest absolute Gasteiger partial charge is 0.303 e. The monoisotopic (exact) mass is 402 g/mol. The zero-order valence-electron chi connectivity index (χ0n) is 15.3. The molecule has 0 radical (unpaired) electrons. The summed E-state index contributed by atoms with van der Waals surface area (Å²) in [5, 5.41) is 19.3. The Morgan fingerprint density at radius 3 is 2.54 bits per heavy atom. The van der Waals surface area contributed by atoms with Crippen molar-refractivity contribution >= 4 is 17.6 Å². The van der Waals surface area contributed by atoms with Crippen LogP contribution in [0, 0.1) is 5.92 Å². The van der Waals surface area contributed by atoms with Crippen molar-refractivity contribution < 1.29 is 24.5 Å². The highest BCUT2D eigenvalue weighted by Gasteiger charge is 2.35. The van der Waals surface area contributed by atoms with Crippen molar-refractivity contribution in [3.05, 3.63) is 76.8 Å². The molecule has 0 spiro atoms. The number of benzene rings is 2. The van der Waals surface area contributed by atoms with Gasteiger partial charge in [-0.3, -0.25) is 4.79 Å². The van der Waals surface area contributed by atoms with E-state index < -0.39 is 12.3 Å². The van der Waals surface area contributed by atoms with Crippen LogP contribution in [0.1, 0.15) is 42.8 Å². The molecule has 3 atom stereocenters. The predicted octanol–water partition coefficient (Wildman–Crippen LogP) is 4.91. The van der Waals surface area contributed by atoms with Gasteiger partial charge in [0.1, 0.15) is 5.75 Å². The number of hydrogen-bond acceptors (Lipinski definition) is 4. The fraction of sp³-hybridized carbons (Fsp3) is 0.318. The van der Waals surface area contributed by atoms with Gasteiger partial charge in [-0.15, -0.1) is 0 Å². The van der Waals surface area contributed by atoms with Crippen molar-refractivity contribution in [2.24, 2.45) is 5.92 Å². The van der Waals surface area contributed by atoms with Crippen LogP contribution in [0.3, 0.4) is 0 Å². The first kappa shape index (κ1) is 20.4. The lowest BCUT2D eigenvalue weighted by molar-refractivity contribution is -0.165. The van der Waals surface area contributed by atoms with Crippen molar-refractivity contribution in [2.45, 2.75) is 31.7 Å². The van der Waals surface area contributed by atoms with Gasteiger partial charge in [-0.05, 0) is 25.0 Å². The number of para-hydroxylation sites is 1. The van der Waals surface area contributed by atoms with Crippen LogP contribution < -0.4 is 4.74 Å². The second-order valence-electron chi connectivity index (χ2n) is 6.65. The van der Waals surface area contributed by atoms with Gasteiger partial charge in [0.25, 0.3) is 0 Å². The summed E-state index contributed by atoms with van der Waals surface area (Å²) in [5.41, 5.74) is 1.61. The van der Waals surface area contributed by atoms with Gasteiger partial charge in [0, 0.05) is 30.1 Å². The van der Waals surface area contributed by atoms with Crippen molar-refractivity contribution in [2.75, 3.05) is 6.61 Å². The van der Waals surface area contributed by atoms with Gasteiger partial charge in [-0.1, -0.05) is 60.2 Å². The Morgan fingerprint density at radius 1 is 1.11 bits per heavy atom. The van der Waals surface area contributed by atoms with E-state index in [0.717, 1.165) is 11.1 Å². The molecular weight excluding hydrogens is 380 g/mol. The minimum Gasteiger partial charge on any atom is -0.481 e. The summed E-state index contributed by atoms with van der Waals surface area (Å²) in [6.07, 6.45) is 3.79. The number of allylic oxidation sites excluding steroid dienone is 2. The molecule has 0 saturated heterocycles. The van der Waals surface area contributed by atoms with Crippen molar-refractivity contribution in [1.29, 1.82) is 0 Å². The summed E-state index contributed by atoms with van der Waals surface area (Å²) in [4.78, 5) is 10.6. The standard InChI is InChI=1S/C22H23ClO5/c23-18-11-6-4-9-16(18)22-27-19-12-7-5-10-17(19)21(28-22)15(14-24)8-2-1-3-13-20(25)26/h1-2,4-7,9-12,15,21-22,24H,3,8,13-14H2,(H,25,26)/b2-1-/t15?,21?,22-/m1/s1. The Morgan fingerprint density at radius 2 is 1.82 bits per heavy atom. The maximum absolute atomic E-state index is 10.6. The number of ether oxygens (including phenoxy) is 2. The molecular formula is C22H23ClO5. The van der Waals surface area contributed by atoms with Crippen LogP contribution in [0.25, 0.3) is 0 Å². The van der Waals surface area contributed by atoms with E-state index in [1.807, 2.05) is 54.6 Å². The number of carbonyl (C=O) groups is 1. The van der Waals surface area contributed by atoms with Gasteiger partial charge in [0.2, 0.25) is 6.29 Å². The Labute approximate surface area is 169 Å². The number of aliphatic hydroxyl groups excluding tert-OH is 1. The van der Waals surface area contributed by atoms with E-state index in [1.165, 1.54) is 0 Å².